The third-order valence-electron chi connectivity index (χ3n) is 5.18. The molecule has 0 aromatic heterocycles. The van der Waals surface area contributed by atoms with Gasteiger partial charge in [0.15, 0.2) is 5.96 Å². The molecule has 2 aliphatic rings. The second-order valence-electron chi connectivity index (χ2n) is 7.50. The molecule has 1 aromatic rings. The summed E-state index contributed by atoms with van der Waals surface area (Å²) in [5, 5.41) is 6.99. The lowest BCUT2D eigenvalue weighted by Crippen LogP contribution is -2.47. The topological polar surface area (TPSA) is 48.9 Å². The number of para-hydroxylation sites is 1. The predicted octanol–water partition coefficient (Wildman–Crippen LogP) is 2.55. The fourth-order valence-corrected chi connectivity index (χ4v) is 3.65. The summed E-state index contributed by atoms with van der Waals surface area (Å²) in [5.41, 5.74) is 1.16. The van der Waals surface area contributed by atoms with E-state index in [0.717, 1.165) is 36.4 Å². The van der Waals surface area contributed by atoms with Gasteiger partial charge in [0.1, 0.15) is 11.9 Å². The summed E-state index contributed by atoms with van der Waals surface area (Å²) in [5.74, 6) is 1.82. The molecule has 3 unspecified atom stereocenters. The van der Waals surface area contributed by atoms with E-state index in [0.29, 0.717) is 12.1 Å². The Hall–Kier alpha value is -1.75. The number of hydrogen-bond donors (Lipinski definition) is 2. The second kappa shape index (κ2) is 8.09. The summed E-state index contributed by atoms with van der Waals surface area (Å²) in [4.78, 5) is 7.03. The lowest BCUT2D eigenvalue weighted by Gasteiger charge is -2.21. The van der Waals surface area contributed by atoms with E-state index in [1.807, 2.05) is 25.2 Å². The van der Waals surface area contributed by atoms with E-state index in [-0.39, 0.29) is 6.10 Å². The average Bonchev–Trinajstić information content (AvgIpc) is 3.37. The quantitative estimate of drug-likeness (QED) is 0.615. The van der Waals surface area contributed by atoms with Crippen LogP contribution in [0.4, 0.5) is 0 Å². The van der Waals surface area contributed by atoms with Gasteiger partial charge in [-0.15, -0.1) is 0 Å². The van der Waals surface area contributed by atoms with Gasteiger partial charge in [-0.1, -0.05) is 18.2 Å². The van der Waals surface area contributed by atoms with Gasteiger partial charge in [0, 0.05) is 31.7 Å². The van der Waals surface area contributed by atoms with Crippen molar-refractivity contribution in [1.29, 1.82) is 0 Å². The minimum Gasteiger partial charge on any atom is -0.489 e. The van der Waals surface area contributed by atoms with Gasteiger partial charge in [0.2, 0.25) is 0 Å². The molecule has 0 radical (unpaired) electrons. The van der Waals surface area contributed by atoms with Crippen LogP contribution in [0, 0.1) is 6.92 Å². The maximum absolute atomic E-state index is 6.03. The smallest absolute Gasteiger partial charge is 0.191 e. The van der Waals surface area contributed by atoms with Crippen LogP contribution < -0.4 is 15.4 Å². The minimum atomic E-state index is 0.0742. The van der Waals surface area contributed by atoms with Gasteiger partial charge in [-0.3, -0.25) is 9.89 Å². The first-order chi connectivity index (χ1) is 12.1. The Bertz CT molecular complexity index is 599. The summed E-state index contributed by atoms with van der Waals surface area (Å²) in [6, 6.07) is 10.1. The zero-order valence-corrected chi connectivity index (χ0v) is 16.0. The Morgan fingerprint density at radius 3 is 2.80 bits per heavy atom. The zero-order valence-electron chi connectivity index (χ0n) is 16.0. The van der Waals surface area contributed by atoms with Crippen molar-refractivity contribution in [3.63, 3.8) is 0 Å². The number of aryl methyl sites for hydroxylation is 1. The molecule has 5 nitrogen and oxygen atoms in total. The van der Waals surface area contributed by atoms with Crippen LogP contribution in [0.3, 0.4) is 0 Å². The molecule has 1 saturated heterocycles. The normalized spacial score (nSPS) is 25.7. The molecule has 5 heteroatoms. The molecule has 2 fully saturated rings. The molecule has 138 valence electrons. The molecule has 1 aliphatic heterocycles. The Labute approximate surface area is 151 Å². The minimum absolute atomic E-state index is 0.0742. The number of likely N-dealkylation sites (tertiary alicyclic amines) is 1. The van der Waals surface area contributed by atoms with Gasteiger partial charge in [0.05, 0.1) is 6.54 Å². The first-order valence-corrected chi connectivity index (χ1v) is 9.52. The lowest BCUT2D eigenvalue weighted by molar-refractivity contribution is 0.222. The van der Waals surface area contributed by atoms with E-state index < -0.39 is 0 Å². The van der Waals surface area contributed by atoms with Crippen molar-refractivity contribution >= 4 is 5.96 Å². The van der Waals surface area contributed by atoms with Crippen LogP contribution in [0.5, 0.6) is 5.75 Å². The molecule has 0 bridgehead atoms. The van der Waals surface area contributed by atoms with Crippen molar-refractivity contribution in [3.8, 4) is 5.75 Å². The Balaban J connectivity index is 1.44. The SMILES string of the molecule is CN=C(NCC(C)Oc1ccccc1C)NC1CC(C)N(C2CC2)C1. The van der Waals surface area contributed by atoms with Crippen LogP contribution >= 0.6 is 0 Å². The van der Waals surface area contributed by atoms with Crippen molar-refractivity contribution in [2.75, 3.05) is 20.1 Å². The van der Waals surface area contributed by atoms with E-state index in [1.54, 1.807) is 0 Å². The number of ether oxygens (including phenoxy) is 1. The Morgan fingerprint density at radius 1 is 1.36 bits per heavy atom. The molecule has 1 aromatic carbocycles. The van der Waals surface area contributed by atoms with E-state index >= 15 is 0 Å². The number of aliphatic imine (C=N–C) groups is 1. The molecule has 1 heterocycles. The lowest BCUT2D eigenvalue weighted by atomic mass is 10.2. The Morgan fingerprint density at radius 2 is 2.12 bits per heavy atom. The Kier molecular flexibility index (Phi) is 5.84. The number of rotatable bonds is 6. The number of nitrogens with one attached hydrogen (secondary N) is 2. The highest BCUT2D eigenvalue weighted by molar-refractivity contribution is 5.80. The molecule has 0 amide bonds. The first kappa shape index (κ1) is 18.1. The van der Waals surface area contributed by atoms with E-state index in [1.165, 1.54) is 19.3 Å². The molecule has 25 heavy (non-hydrogen) atoms. The van der Waals surface area contributed by atoms with Gasteiger partial charge in [-0.2, -0.15) is 0 Å². The summed E-state index contributed by atoms with van der Waals surface area (Å²) in [6.45, 7) is 8.35. The molecular formula is C20H32N4O. The van der Waals surface area contributed by atoms with Crippen LogP contribution in [0.15, 0.2) is 29.3 Å². The molecule has 0 spiro atoms. The van der Waals surface area contributed by atoms with Crippen LogP contribution in [0.2, 0.25) is 0 Å². The third-order valence-corrected chi connectivity index (χ3v) is 5.18. The maximum Gasteiger partial charge on any atom is 0.191 e. The van der Waals surface area contributed by atoms with Crippen molar-refractivity contribution in [2.24, 2.45) is 4.99 Å². The average molecular weight is 345 g/mol. The molecule has 1 saturated carbocycles. The predicted molar refractivity (Wildman–Crippen MR) is 103 cm³/mol. The highest BCUT2D eigenvalue weighted by Gasteiger charge is 2.38. The fraction of sp³-hybridized carbons (Fsp3) is 0.650. The van der Waals surface area contributed by atoms with Gasteiger partial charge in [-0.05, 0) is 51.7 Å². The number of nitrogens with zero attached hydrogens (tertiary/aromatic N) is 2. The third kappa shape index (κ3) is 4.88. The van der Waals surface area contributed by atoms with E-state index in [4.69, 9.17) is 4.74 Å². The number of benzene rings is 1. The van der Waals surface area contributed by atoms with Gasteiger partial charge in [-0.25, -0.2) is 0 Å². The van der Waals surface area contributed by atoms with Crippen molar-refractivity contribution in [2.45, 2.75) is 64.3 Å². The molecule has 3 atom stereocenters. The van der Waals surface area contributed by atoms with Crippen LogP contribution in [-0.2, 0) is 0 Å². The fourth-order valence-electron chi connectivity index (χ4n) is 3.65. The zero-order chi connectivity index (χ0) is 17.8. The number of hydrogen-bond acceptors (Lipinski definition) is 3. The van der Waals surface area contributed by atoms with E-state index in [2.05, 4.69) is 47.4 Å². The summed E-state index contributed by atoms with van der Waals surface area (Å²) in [6.07, 6.45) is 4.01. The largest absolute Gasteiger partial charge is 0.489 e. The highest BCUT2D eigenvalue weighted by atomic mass is 16.5. The van der Waals surface area contributed by atoms with Crippen LogP contribution in [0.25, 0.3) is 0 Å². The highest BCUT2D eigenvalue weighted by Crippen LogP contribution is 2.33. The first-order valence-electron chi connectivity index (χ1n) is 9.52. The standard InChI is InChI=1S/C20H32N4O/c1-14-7-5-6-8-19(14)25-16(3)12-22-20(21-4)23-17-11-15(2)24(13-17)18-9-10-18/h5-8,15-18H,9-13H2,1-4H3,(H2,21,22,23). The van der Waals surface area contributed by atoms with Gasteiger partial charge in [0.25, 0.3) is 0 Å². The second-order valence-corrected chi connectivity index (χ2v) is 7.50. The van der Waals surface area contributed by atoms with Crippen LogP contribution in [0.1, 0.15) is 38.7 Å². The van der Waals surface area contributed by atoms with Crippen molar-refractivity contribution in [3.05, 3.63) is 29.8 Å². The van der Waals surface area contributed by atoms with Crippen molar-refractivity contribution < 1.29 is 4.74 Å². The van der Waals surface area contributed by atoms with Gasteiger partial charge < -0.3 is 15.4 Å². The monoisotopic (exact) mass is 344 g/mol. The van der Waals surface area contributed by atoms with E-state index in [9.17, 15) is 0 Å². The molecule has 1 aliphatic carbocycles. The maximum atomic E-state index is 6.03. The summed E-state index contributed by atoms with van der Waals surface area (Å²) in [7, 11) is 1.83. The molecular weight excluding hydrogens is 312 g/mol. The number of guanidine groups is 1. The summed E-state index contributed by atoms with van der Waals surface area (Å²) < 4.78 is 6.03. The molecule has 2 N–H and O–H groups in total. The van der Waals surface area contributed by atoms with Crippen molar-refractivity contribution in [1.82, 2.24) is 15.5 Å². The van der Waals surface area contributed by atoms with Gasteiger partial charge >= 0.3 is 0 Å². The molecule has 3 rings (SSSR count). The summed E-state index contributed by atoms with van der Waals surface area (Å²) >= 11 is 0. The van der Waals surface area contributed by atoms with Crippen LogP contribution in [-0.4, -0.2) is 55.2 Å².